The lowest BCUT2D eigenvalue weighted by Crippen LogP contribution is -2.47. The Bertz CT molecular complexity index is 173. The van der Waals surface area contributed by atoms with E-state index in [1.165, 1.54) is 0 Å². The van der Waals surface area contributed by atoms with Crippen LogP contribution in [0.3, 0.4) is 0 Å². The quantitative estimate of drug-likeness (QED) is 0.613. The van der Waals surface area contributed by atoms with Crippen molar-refractivity contribution in [2.75, 3.05) is 32.8 Å². The van der Waals surface area contributed by atoms with Gasteiger partial charge in [0.15, 0.2) is 0 Å². The van der Waals surface area contributed by atoms with Gasteiger partial charge in [0, 0.05) is 26.0 Å². The normalized spacial score (nSPS) is 37.6. The molecule has 0 amide bonds. The SMILES string of the molecule is B[C@H]1C[C@H](OC)[C@](COC)(CSC)O1. The first-order valence-electron chi connectivity index (χ1n) is 4.87. The standard InChI is InChI=1S/C9H19BO3S/c1-11-5-9(6-14-3)7(12-2)4-8(10)13-9/h7-8H,4-6,10H2,1-3H3/t7-,8+,9-/m0/s1. The molecule has 1 fully saturated rings. The van der Waals surface area contributed by atoms with E-state index in [9.17, 15) is 0 Å². The molecule has 0 saturated carbocycles. The summed E-state index contributed by atoms with van der Waals surface area (Å²) >= 11 is 1.77. The molecule has 0 radical (unpaired) electrons. The minimum Gasteiger partial charge on any atom is -0.382 e. The van der Waals surface area contributed by atoms with Crippen molar-refractivity contribution < 1.29 is 14.2 Å². The number of hydrogen-bond donors (Lipinski definition) is 0. The Morgan fingerprint density at radius 1 is 1.57 bits per heavy atom. The van der Waals surface area contributed by atoms with Gasteiger partial charge in [0.05, 0.1) is 12.7 Å². The van der Waals surface area contributed by atoms with E-state index in [2.05, 4.69) is 14.1 Å². The molecule has 0 aromatic carbocycles. The Morgan fingerprint density at radius 3 is 2.79 bits per heavy atom. The van der Waals surface area contributed by atoms with Crippen LogP contribution in [0, 0.1) is 0 Å². The lowest BCUT2D eigenvalue weighted by atomic mass is 9.93. The average Bonchev–Trinajstić information content (AvgIpc) is 2.43. The highest BCUT2D eigenvalue weighted by Gasteiger charge is 2.47. The minimum absolute atomic E-state index is 0.157. The zero-order valence-corrected chi connectivity index (χ0v) is 10.2. The summed E-state index contributed by atoms with van der Waals surface area (Å²) in [7, 11) is 5.54. The number of hydrogen-bond acceptors (Lipinski definition) is 4. The fraction of sp³-hybridized carbons (Fsp3) is 1.00. The van der Waals surface area contributed by atoms with Crippen molar-refractivity contribution in [2.24, 2.45) is 0 Å². The Balaban J connectivity index is 2.72. The maximum absolute atomic E-state index is 5.96. The van der Waals surface area contributed by atoms with E-state index in [1.54, 1.807) is 26.0 Å². The summed E-state index contributed by atoms with van der Waals surface area (Å²) in [5.74, 6) is 0.920. The highest BCUT2D eigenvalue weighted by Crippen LogP contribution is 2.34. The molecule has 3 atom stereocenters. The molecular weight excluding hydrogens is 199 g/mol. The summed E-state index contributed by atoms with van der Waals surface area (Å²) < 4.78 is 16.7. The molecule has 3 nitrogen and oxygen atoms in total. The Morgan fingerprint density at radius 2 is 2.29 bits per heavy atom. The zero-order valence-electron chi connectivity index (χ0n) is 9.41. The van der Waals surface area contributed by atoms with Gasteiger partial charge in [-0.15, -0.1) is 0 Å². The molecule has 1 saturated heterocycles. The second kappa shape index (κ2) is 5.40. The van der Waals surface area contributed by atoms with Gasteiger partial charge in [-0.05, 0) is 12.7 Å². The molecule has 5 heteroatoms. The van der Waals surface area contributed by atoms with Crippen molar-refractivity contribution in [3.05, 3.63) is 0 Å². The van der Waals surface area contributed by atoms with Crippen LogP contribution in [0.4, 0.5) is 0 Å². The third-order valence-electron chi connectivity index (χ3n) is 2.63. The van der Waals surface area contributed by atoms with Crippen LogP contribution < -0.4 is 0 Å². The van der Waals surface area contributed by atoms with E-state index in [-0.39, 0.29) is 17.7 Å². The topological polar surface area (TPSA) is 27.7 Å². The molecule has 1 rings (SSSR count). The number of thioether (sulfide) groups is 1. The molecule has 0 spiro atoms. The molecule has 0 unspecified atom stereocenters. The van der Waals surface area contributed by atoms with Gasteiger partial charge in [0.25, 0.3) is 0 Å². The van der Waals surface area contributed by atoms with E-state index in [1.807, 2.05) is 0 Å². The molecule has 0 aliphatic carbocycles. The number of ether oxygens (including phenoxy) is 3. The van der Waals surface area contributed by atoms with Crippen molar-refractivity contribution in [2.45, 2.75) is 24.1 Å². The molecule has 0 aromatic heterocycles. The van der Waals surface area contributed by atoms with Crippen molar-refractivity contribution >= 4 is 19.6 Å². The summed E-state index contributed by atoms with van der Waals surface area (Å²) in [6.45, 7) is 0.608. The average molecular weight is 218 g/mol. The van der Waals surface area contributed by atoms with E-state index >= 15 is 0 Å². The summed E-state index contributed by atoms with van der Waals surface area (Å²) in [6, 6.07) is 0.266. The third kappa shape index (κ3) is 2.45. The maximum atomic E-state index is 5.96. The summed E-state index contributed by atoms with van der Waals surface area (Å²) in [6.07, 6.45) is 3.20. The third-order valence-corrected chi connectivity index (χ3v) is 3.41. The molecule has 82 valence electrons. The molecule has 1 aliphatic heterocycles. The predicted octanol–water partition coefficient (Wildman–Crippen LogP) is 0.129. The Labute approximate surface area is 91.3 Å². The highest BCUT2D eigenvalue weighted by molar-refractivity contribution is 7.98. The lowest BCUT2D eigenvalue weighted by Gasteiger charge is -2.32. The van der Waals surface area contributed by atoms with E-state index in [4.69, 9.17) is 14.2 Å². The number of rotatable bonds is 5. The minimum atomic E-state index is -0.248. The smallest absolute Gasteiger partial charge is 0.139 e. The Hall–Kier alpha value is 0.295. The van der Waals surface area contributed by atoms with E-state index in [0.717, 1.165) is 12.2 Å². The van der Waals surface area contributed by atoms with Crippen LogP contribution in [0.1, 0.15) is 6.42 Å². The Kier molecular flexibility index (Phi) is 4.77. The van der Waals surface area contributed by atoms with Crippen LogP contribution in [-0.2, 0) is 14.2 Å². The van der Waals surface area contributed by atoms with E-state index in [0.29, 0.717) is 6.61 Å². The van der Waals surface area contributed by atoms with Gasteiger partial charge in [-0.1, -0.05) is 0 Å². The van der Waals surface area contributed by atoms with E-state index < -0.39 is 0 Å². The van der Waals surface area contributed by atoms with Crippen LogP contribution in [0.2, 0.25) is 0 Å². The van der Waals surface area contributed by atoms with Crippen LogP contribution in [0.15, 0.2) is 0 Å². The van der Waals surface area contributed by atoms with Gasteiger partial charge < -0.3 is 14.2 Å². The maximum Gasteiger partial charge on any atom is 0.139 e. The zero-order chi connectivity index (χ0) is 10.6. The van der Waals surface area contributed by atoms with Crippen molar-refractivity contribution in [3.8, 4) is 0 Å². The molecule has 14 heavy (non-hydrogen) atoms. The molecule has 1 aliphatic rings. The van der Waals surface area contributed by atoms with Crippen LogP contribution >= 0.6 is 11.8 Å². The summed E-state index contributed by atoms with van der Waals surface area (Å²) in [5.41, 5.74) is -0.248. The fourth-order valence-electron chi connectivity index (χ4n) is 2.14. The van der Waals surface area contributed by atoms with Gasteiger partial charge in [-0.25, -0.2) is 0 Å². The van der Waals surface area contributed by atoms with Gasteiger partial charge in [-0.3, -0.25) is 0 Å². The van der Waals surface area contributed by atoms with Crippen molar-refractivity contribution in [3.63, 3.8) is 0 Å². The van der Waals surface area contributed by atoms with Gasteiger partial charge in [0.2, 0.25) is 0 Å². The van der Waals surface area contributed by atoms with Crippen LogP contribution in [-0.4, -0.2) is 58.4 Å². The first-order chi connectivity index (χ1) is 6.68. The predicted molar refractivity (Wildman–Crippen MR) is 61.8 cm³/mol. The summed E-state index contributed by atoms with van der Waals surface area (Å²) in [5, 5.41) is 0. The molecule has 1 heterocycles. The lowest BCUT2D eigenvalue weighted by molar-refractivity contribution is -0.100. The van der Waals surface area contributed by atoms with Gasteiger partial charge >= 0.3 is 0 Å². The van der Waals surface area contributed by atoms with Crippen LogP contribution in [0.5, 0.6) is 0 Å². The second-order valence-electron chi connectivity index (χ2n) is 3.82. The first-order valence-corrected chi connectivity index (χ1v) is 6.26. The van der Waals surface area contributed by atoms with Crippen LogP contribution in [0.25, 0.3) is 0 Å². The second-order valence-corrected chi connectivity index (χ2v) is 4.69. The first kappa shape index (κ1) is 12.4. The van der Waals surface area contributed by atoms with Crippen molar-refractivity contribution in [1.82, 2.24) is 0 Å². The monoisotopic (exact) mass is 218 g/mol. The number of methoxy groups -OCH3 is 2. The molecule has 0 aromatic rings. The molecule has 0 bridgehead atoms. The fourth-order valence-corrected chi connectivity index (χ4v) is 2.96. The molecular formula is C9H19BO3S. The van der Waals surface area contributed by atoms with Gasteiger partial charge in [-0.2, -0.15) is 11.8 Å². The highest BCUT2D eigenvalue weighted by atomic mass is 32.2. The summed E-state index contributed by atoms with van der Waals surface area (Å²) in [4.78, 5) is 0. The van der Waals surface area contributed by atoms with Crippen molar-refractivity contribution in [1.29, 1.82) is 0 Å². The molecule has 0 N–H and O–H groups in total. The largest absolute Gasteiger partial charge is 0.382 e. The van der Waals surface area contributed by atoms with Gasteiger partial charge in [0.1, 0.15) is 13.4 Å².